The Morgan fingerprint density at radius 3 is 2.68 bits per heavy atom. The van der Waals surface area contributed by atoms with E-state index in [-0.39, 0.29) is 5.75 Å². The van der Waals surface area contributed by atoms with Crippen molar-refractivity contribution in [1.82, 2.24) is 9.80 Å². The van der Waals surface area contributed by atoms with Gasteiger partial charge < -0.3 is 14.9 Å². The molecule has 1 aliphatic heterocycles. The largest absolute Gasteiger partial charge is 0.505 e. The van der Waals surface area contributed by atoms with E-state index in [1.165, 1.54) is 38.1 Å². The Morgan fingerprint density at radius 2 is 2.05 bits per heavy atom. The molecule has 0 atom stereocenters. The van der Waals surface area contributed by atoms with Gasteiger partial charge in [-0.3, -0.25) is 0 Å². The van der Waals surface area contributed by atoms with Crippen LogP contribution >= 0.6 is 0 Å². The molecule has 3 nitrogen and oxygen atoms in total. The van der Waals surface area contributed by atoms with Crippen molar-refractivity contribution >= 4 is 0 Å². The number of hydrogen-bond acceptors (Lipinski definition) is 3. The van der Waals surface area contributed by atoms with Gasteiger partial charge in [-0.2, -0.15) is 0 Å². The van der Waals surface area contributed by atoms with Crippen molar-refractivity contribution in [3.63, 3.8) is 0 Å². The molecule has 0 saturated carbocycles. The fourth-order valence-electron chi connectivity index (χ4n) is 2.71. The van der Waals surface area contributed by atoms with Gasteiger partial charge in [-0.1, -0.05) is 6.07 Å². The second kappa shape index (κ2) is 6.35. The highest BCUT2D eigenvalue weighted by molar-refractivity contribution is 5.27. The Bertz CT molecular complexity index is 417. The topological polar surface area (TPSA) is 26.7 Å². The maximum atomic E-state index is 13.3. The lowest BCUT2D eigenvalue weighted by Gasteiger charge is -2.31. The van der Waals surface area contributed by atoms with Gasteiger partial charge in [0.25, 0.3) is 0 Å². The summed E-state index contributed by atoms with van der Waals surface area (Å²) in [6, 6.07) is 4.62. The van der Waals surface area contributed by atoms with E-state index in [1.807, 2.05) is 0 Å². The van der Waals surface area contributed by atoms with Crippen LogP contribution in [0, 0.1) is 11.7 Å². The van der Waals surface area contributed by atoms with Crippen LogP contribution < -0.4 is 0 Å². The monoisotopic (exact) mass is 266 g/mol. The molecule has 0 aromatic heterocycles. The van der Waals surface area contributed by atoms with Gasteiger partial charge in [0, 0.05) is 13.1 Å². The van der Waals surface area contributed by atoms with Crippen LogP contribution in [-0.2, 0) is 6.54 Å². The minimum absolute atomic E-state index is 0.276. The lowest BCUT2D eigenvalue weighted by Crippen LogP contribution is -2.35. The summed E-state index contributed by atoms with van der Waals surface area (Å²) in [7, 11) is 4.24. The van der Waals surface area contributed by atoms with Gasteiger partial charge in [0.05, 0.1) is 0 Å². The zero-order chi connectivity index (χ0) is 13.8. The summed E-state index contributed by atoms with van der Waals surface area (Å²) in [5.74, 6) is -0.0740. The number of halogens is 1. The maximum absolute atomic E-state index is 13.3. The van der Waals surface area contributed by atoms with E-state index in [0.717, 1.165) is 24.6 Å². The number of phenols is 1. The first-order chi connectivity index (χ1) is 9.04. The van der Waals surface area contributed by atoms with Crippen molar-refractivity contribution in [3.8, 4) is 5.75 Å². The van der Waals surface area contributed by atoms with E-state index >= 15 is 0 Å². The number of piperidine rings is 1. The normalized spacial score (nSPS) is 18.1. The van der Waals surface area contributed by atoms with Crippen molar-refractivity contribution < 1.29 is 9.50 Å². The molecule has 1 N–H and O–H groups in total. The molecule has 19 heavy (non-hydrogen) atoms. The summed E-state index contributed by atoms with van der Waals surface area (Å²) in [5, 5.41) is 9.17. The Labute approximate surface area is 114 Å². The quantitative estimate of drug-likeness (QED) is 0.906. The molecule has 0 aliphatic carbocycles. The second-order valence-electron chi connectivity index (χ2n) is 5.73. The highest BCUT2D eigenvalue weighted by Crippen LogP contribution is 2.20. The van der Waals surface area contributed by atoms with E-state index in [9.17, 15) is 9.50 Å². The molecule has 1 heterocycles. The first kappa shape index (κ1) is 14.3. The van der Waals surface area contributed by atoms with Gasteiger partial charge in [0.1, 0.15) is 0 Å². The molecule has 0 radical (unpaired) electrons. The summed E-state index contributed by atoms with van der Waals surface area (Å²) >= 11 is 0. The van der Waals surface area contributed by atoms with Gasteiger partial charge >= 0.3 is 0 Å². The van der Waals surface area contributed by atoms with Crippen LogP contribution in [0.4, 0.5) is 4.39 Å². The van der Waals surface area contributed by atoms with Crippen LogP contribution in [0.1, 0.15) is 18.4 Å². The molecular formula is C15H23FN2O. The fraction of sp³-hybridized carbons (Fsp3) is 0.600. The number of aromatic hydroxyl groups is 1. The van der Waals surface area contributed by atoms with Crippen molar-refractivity contribution in [2.45, 2.75) is 19.4 Å². The summed E-state index contributed by atoms with van der Waals surface area (Å²) in [4.78, 5) is 4.60. The summed E-state index contributed by atoms with van der Waals surface area (Å²) in [6.45, 7) is 4.12. The Kier molecular flexibility index (Phi) is 4.77. The predicted octanol–water partition coefficient (Wildman–Crippen LogP) is 2.30. The highest BCUT2D eigenvalue weighted by atomic mass is 19.1. The zero-order valence-corrected chi connectivity index (χ0v) is 11.8. The van der Waals surface area contributed by atoms with Gasteiger partial charge in [-0.05, 0) is 63.6 Å². The van der Waals surface area contributed by atoms with Gasteiger partial charge in [-0.15, -0.1) is 0 Å². The molecule has 0 bridgehead atoms. The number of nitrogens with zero attached hydrogens (tertiary/aromatic N) is 2. The standard InChI is InChI=1S/C15H23FN2O/c1-17-7-5-12(6-8-17)10-18(2)11-13-3-4-15(19)14(16)9-13/h3-4,9,12,19H,5-8,10-11H2,1-2H3. The lowest BCUT2D eigenvalue weighted by atomic mass is 9.96. The molecule has 1 fully saturated rings. The van der Waals surface area contributed by atoms with Crippen molar-refractivity contribution in [2.24, 2.45) is 5.92 Å². The van der Waals surface area contributed by atoms with E-state index in [0.29, 0.717) is 0 Å². The highest BCUT2D eigenvalue weighted by Gasteiger charge is 2.18. The number of likely N-dealkylation sites (tertiary alicyclic amines) is 1. The summed E-state index contributed by atoms with van der Waals surface area (Å²) in [6.07, 6.45) is 2.48. The Morgan fingerprint density at radius 1 is 1.37 bits per heavy atom. The van der Waals surface area contributed by atoms with Crippen LogP contribution in [-0.4, -0.2) is 48.6 Å². The van der Waals surface area contributed by atoms with Crippen LogP contribution in [0.25, 0.3) is 0 Å². The van der Waals surface area contributed by atoms with Crippen LogP contribution in [0.3, 0.4) is 0 Å². The van der Waals surface area contributed by atoms with E-state index in [1.54, 1.807) is 6.07 Å². The molecular weight excluding hydrogens is 243 g/mol. The third kappa shape index (κ3) is 4.18. The second-order valence-corrected chi connectivity index (χ2v) is 5.73. The van der Waals surface area contributed by atoms with Crippen molar-refractivity contribution in [1.29, 1.82) is 0 Å². The number of phenolic OH excluding ortho intramolecular Hbond substituents is 1. The third-order valence-corrected chi connectivity index (χ3v) is 3.87. The molecule has 1 aliphatic rings. The smallest absolute Gasteiger partial charge is 0.165 e. The molecule has 0 spiro atoms. The first-order valence-electron chi connectivity index (χ1n) is 6.89. The van der Waals surface area contributed by atoms with E-state index < -0.39 is 5.82 Å². The fourth-order valence-corrected chi connectivity index (χ4v) is 2.71. The Hall–Kier alpha value is -1.13. The molecule has 2 rings (SSSR count). The molecule has 106 valence electrons. The summed E-state index contributed by atoms with van der Waals surface area (Å²) in [5.41, 5.74) is 0.908. The maximum Gasteiger partial charge on any atom is 0.165 e. The predicted molar refractivity (Wildman–Crippen MR) is 74.6 cm³/mol. The SMILES string of the molecule is CN1CCC(CN(C)Cc2ccc(O)c(F)c2)CC1. The molecule has 1 aromatic carbocycles. The third-order valence-electron chi connectivity index (χ3n) is 3.87. The molecule has 4 heteroatoms. The first-order valence-corrected chi connectivity index (χ1v) is 6.89. The number of hydrogen-bond donors (Lipinski definition) is 1. The lowest BCUT2D eigenvalue weighted by molar-refractivity contribution is 0.173. The molecule has 0 unspecified atom stereocenters. The van der Waals surface area contributed by atoms with Crippen molar-refractivity contribution in [2.75, 3.05) is 33.7 Å². The van der Waals surface area contributed by atoms with E-state index in [2.05, 4.69) is 23.9 Å². The summed E-state index contributed by atoms with van der Waals surface area (Å²) < 4.78 is 13.3. The molecule has 1 aromatic rings. The zero-order valence-electron chi connectivity index (χ0n) is 11.8. The van der Waals surface area contributed by atoms with Crippen molar-refractivity contribution in [3.05, 3.63) is 29.6 Å². The number of benzene rings is 1. The van der Waals surface area contributed by atoms with Crippen LogP contribution in [0.15, 0.2) is 18.2 Å². The minimum atomic E-state index is -0.537. The van der Waals surface area contributed by atoms with E-state index in [4.69, 9.17) is 0 Å². The van der Waals surface area contributed by atoms with Gasteiger partial charge in [-0.25, -0.2) is 4.39 Å². The van der Waals surface area contributed by atoms with Gasteiger partial charge in [0.15, 0.2) is 11.6 Å². The van der Waals surface area contributed by atoms with Gasteiger partial charge in [0.2, 0.25) is 0 Å². The average molecular weight is 266 g/mol. The molecule has 1 saturated heterocycles. The average Bonchev–Trinajstić information content (AvgIpc) is 2.37. The Balaban J connectivity index is 1.83. The number of rotatable bonds is 4. The molecule has 0 amide bonds. The van der Waals surface area contributed by atoms with Crippen LogP contribution in [0.2, 0.25) is 0 Å². The minimum Gasteiger partial charge on any atom is -0.505 e. The van der Waals surface area contributed by atoms with Crippen LogP contribution in [0.5, 0.6) is 5.75 Å².